The molecule has 1 amide bonds. The van der Waals surface area contributed by atoms with Gasteiger partial charge in [-0.2, -0.15) is 0 Å². The highest BCUT2D eigenvalue weighted by Crippen LogP contribution is 2.21. The molecule has 2 aromatic carbocycles. The lowest BCUT2D eigenvalue weighted by Gasteiger charge is -2.09. The normalized spacial score (nSPS) is 10.6. The number of hydrogen-bond acceptors (Lipinski definition) is 6. The molecule has 0 fully saturated rings. The van der Waals surface area contributed by atoms with Crippen molar-refractivity contribution in [1.29, 1.82) is 0 Å². The Kier molecular flexibility index (Phi) is 4.77. The number of ether oxygens (including phenoxy) is 1. The Morgan fingerprint density at radius 1 is 1.04 bits per heavy atom. The Morgan fingerprint density at radius 3 is 2.36 bits per heavy atom. The third-order valence-corrected chi connectivity index (χ3v) is 4.88. The van der Waals surface area contributed by atoms with Crippen LogP contribution in [0.4, 0.5) is 17.1 Å². The molecule has 2 heterocycles. The highest BCUT2D eigenvalue weighted by atomic mass is 32.1. The molecular weight excluding hydrogens is 376 g/mol. The van der Waals surface area contributed by atoms with Crippen LogP contribution in [0.5, 0.6) is 5.75 Å². The highest BCUT2D eigenvalue weighted by molar-refractivity contribution is 7.15. The first-order chi connectivity index (χ1) is 13.6. The molecule has 0 unspecified atom stereocenters. The van der Waals surface area contributed by atoms with Crippen molar-refractivity contribution in [3.05, 3.63) is 82.2 Å². The number of anilines is 3. The predicted molar refractivity (Wildman–Crippen MR) is 110 cm³/mol. The fourth-order valence-electron chi connectivity index (χ4n) is 2.66. The lowest BCUT2D eigenvalue weighted by atomic mass is 10.2. The number of carbonyl (C=O) groups is 1. The molecule has 0 aliphatic heterocycles. The summed E-state index contributed by atoms with van der Waals surface area (Å²) in [6.45, 7) is 0. The maximum absolute atomic E-state index is 12.4. The summed E-state index contributed by atoms with van der Waals surface area (Å²) in [6, 6.07) is 14.8. The van der Waals surface area contributed by atoms with Gasteiger partial charge in [-0.25, -0.2) is 4.98 Å². The van der Waals surface area contributed by atoms with Crippen LogP contribution in [0.25, 0.3) is 4.96 Å². The van der Waals surface area contributed by atoms with Crippen LogP contribution >= 0.6 is 11.3 Å². The van der Waals surface area contributed by atoms with E-state index >= 15 is 0 Å². The van der Waals surface area contributed by atoms with Crippen molar-refractivity contribution < 1.29 is 9.53 Å². The lowest BCUT2D eigenvalue weighted by Crippen LogP contribution is -2.25. The van der Waals surface area contributed by atoms with Gasteiger partial charge in [0.05, 0.1) is 7.11 Å². The van der Waals surface area contributed by atoms with Crippen LogP contribution < -0.4 is 20.9 Å². The van der Waals surface area contributed by atoms with Gasteiger partial charge in [0.15, 0.2) is 4.96 Å². The minimum absolute atomic E-state index is 0.00339. The fraction of sp³-hybridized carbons (Fsp3) is 0.0500. The monoisotopic (exact) mass is 392 g/mol. The van der Waals surface area contributed by atoms with Crippen LogP contribution in [0.2, 0.25) is 0 Å². The van der Waals surface area contributed by atoms with Gasteiger partial charge in [-0.1, -0.05) is 0 Å². The number of nitrogens with one attached hydrogen (secondary N) is 2. The SMILES string of the molecule is COc1ccc(Nc2ccc(NC(=O)c3cnc4sccn4c3=O)cc2)cc1. The van der Waals surface area contributed by atoms with Crippen molar-refractivity contribution in [2.45, 2.75) is 0 Å². The van der Waals surface area contributed by atoms with Gasteiger partial charge < -0.3 is 15.4 Å². The summed E-state index contributed by atoms with van der Waals surface area (Å²) in [6.07, 6.45) is 2.91. The first kappa shape index (κ1) is 17.7. The zero-order valence-electron chi connectivity index (χ0n) is 14.9. The Balaban J connectivity index is 1.46. The number of carbonyl (C=O) groups excluding carboxylic acids is 1. The van der Waals surface area contributed by atoms with Gasteiger partial charge in [-0.05, 0) is 48.5 Å². The standard InChI is InChI=1S/C20H16N4O3S/c1-27-16-8-6-14(7-9-16)22-13-2-4-15(5-3-13)23-18(25)17-12-21-20-24(19(17)26)10-11-28-20/h2-12,22H,1H3,(H,23,25). The zero-order valence-corrected chi connectivity index (χ0v) is 15.7. The minimum Gasteiger partial charge on any atom is -0.497 e. The molecule has 0 aliphatic rings. The number of amides is 1. The second-order valence-electron chi connectivity index (χ2n) is 5.92. The summed E-state index contributed by atoms with van der Waals surface area (Å²) >= 11 is 1.34. The Hall–Kier alpha value is -3.65. The maximum Gasteiger partial charge on any atom is 0.271 e. The molecule has 2 aromatic heterocycles. The molecule has 0 saturated heterocycles. The van der Waals surface area contributed by atoms with Gasteiger partial charge in [0.25, 0.3) is 11.5 Å². The summed E-state index contributed by atoms with van der Waals surface area (Å²) in [5.41, 5.74) is 1.98. The van der Waals surface area contributed by atoms with E-state index in [1.807, 2.05) is 36.4 Å². The smallest absolute Gasteiger partial charge is 0.271 e. The van der Waals surface area contributed by atoms with Crippen LogP contribution in [-0.4, -0.2) is 22.4 Å². The van der Waals surface area contributed by atoms with Crippen LogP contribution in [0.3, 0.4) is 0 Å². The minimum atomic E-state index is -0.492. The molecule has 0 atom stereocenters. The van der Waals surface area contributed by atoms with E-state index in [0.717, 1.165) is 17.1 Å². The third-order valence-electron chi connectivity index (χ3n) is 4.11. The van der Waals surface area contributed by atoms with Crippen molar-refractivity contribution in [3.8, 4) is 5.75 Å². The highest BCUT2D eigenvalue weighted by Gasteiger charge is 2.14. The number of hydrogen-bond donors (Lipinski definition) is 2. The number of aromatic nitrogens is 2. The molecule has 4 rings (SSSR count). The molecule has 0 radical (unpaired) electrons. The van der Waals surface area contributed by atoms with Crippen LogP contribution in [0.15, 0.2) is 71.1 Å². The van der Waals surface area contributed by atoms with Crippen molar-refractivity contribution in [2.75, 3.05) is 17.7 Å². The van der Waals surface area contributed by atoms with Gasteiger partial charge in [-0.15, -0.1) is 11.3 Å². The van der Waals surface area contributed by atoms with Crippen LogP contribution in [0, 0.1) is 0 Å². The second-order valence-corrected chi connectivity index (χ2v) is 6.79. The van der Waals surface area contributed by atoms with Crippen molar-refractivity contribution in [1.82, 2.24) is 9.38 Å². The molecular formula is C20H16N4O3S. The molecule has 140 valence electrons. The summed E-state index contributed by atoms with van der Waals surface area (Å²) in [5.74, 6) is 0.295. The van der Waals surface area contributed by atoms with Crippen molar-refractivity contribution in [2.24, 2.45) is 0 Å². The molecule has 28 heavy (non-hydrogen) atoms. The van der Waals surface area contributed by atoms with E-state index in [-0.39, 0.29) is 11.1 Å². The van der Waals surface area contributed by atoms with Gasteiger partial charge in [-0.3, -0.25) is 14.0 Å². The Labute approximate surface area is 164 Å². The van der Waals surface area contributed by atoms with Crippen LogP contribution in [-0.2, 0) is 0 Å². The van der Waals surface area contributed by atoms with Gasteiger partial charge in [0.1, 0.15) is 11.3 Å². The predicted octanol–water partition coefficient (Wildman–Crippen LogP) is 3.76. The summed E-state index contributed by atoms with van der Waals surface area (Å²) in [7, 11) is 1.62. The number of rotatable bonds is 5. The number of fused-ring (bicyclic) bond motifs is 1. The molecule has 0 saturated carbocycles. The number of nitrogens with zero attached hydrogens (tertiary/aromatic N) is 2. The molecule has 0 spiro atoms. The molecule has 2 N–H and O–H groups in total. The van der Waals surface area contributed by atoms with E-state index in [0.29, 0.717) is 10.6 Å². The van der Waals surface area contributed by atoms with E-state index in [1.165, 1.54) is 21.9 Å². The summed E-state index contributed by atoms with van der Waals surface area (Å²) in [5, 5.41) is 7.74. The van der Waals surface area contributed by atoms with E-state index in [9.17, 15) is 9.59 Å². The first-order valence-corrected chi connectivity index (χ1v) is 9.29. The van der Waals surface area contributed by atoms with Crippen molar-refractivity contribution in [3.63, 3.8) is 0 Å². The van der Waals surface area contributed by atoms with E-state index in [4.69, 9.17) is 4.74 Å². The average Bonchev–Trinajstić information content (AvgIpc) is 3.20. The maximum atomic E-state index is 12.4. The molecule has 0 aliphatic carbocycles. The topological polar surface area (TPSA) is 84.7 Å². The largest absolute Gasteiger partial charge is 0.497 e. The van der Waals surface area contributed by atoms with Gasteiger partial charge in [0.2, 0.25) is 0 Å². The van der Waals surface area contributed by atoms with Crippen LogP contribution in [0.1, 0.15) is 10.4 Å². The van der Waals surface area contributed by atoms with E-state index in [1.54, 1.807) is 30.8 Å². The zero-order chi connectivity index (χ0) is 19.5. The molecule has 7 nitrogen and oxygen atoms in total. The third kappa shape index (κ3) is 3.58. The fourth-order valence-corrected chi connectivity index (χ4v) is 3.33. The van der Waals surface area contributed by atoms with E-state index in [2.05, 4.69) is 15.6 Å². The Bertz CT molecular complexity index is 1180. The average molecular weight is 392 g/mol. The van der Waals surface area contributed by atoms with Crippen molar-refractivity contribution >= 4 is 39.3 Å². The number of benzene rings is 2. The summed E-state index contributed by atoms with van der Waals surface area (Å²) in [4.78, 5) is 29.5. The molecule has 8 heteroatoms. The first-order valence-electron chi connectivity index (χ1n) is 8.41. The molecule has 4 aromatic rings. The molecule has 0 bridgehead atoms. The quantitative estimate of drug-likeness (QED) is 0.540. The number of thiazole rings is 1. The number of methoxy groups -OCH3 is 1. The lowest BCUT2D eigenvalue weighted by molar-refractivity contribution is 0.102. The van der Waals surface area contributed by atoms with E-state index < -0.39 is 5.91 Å². The Morgan fingerprint density at radius 2 is 1.68 bits per heavy atom. The van der Waals surface area contributed by atoms with Gasteiger partial charge >= 0.3 is 0 Å². The second kappa shape index (κ2) is 7.53. The van der Waals surface area contributed by atoms with Gasteiger partial charge in [0, 0.05) is 34.8 Å². The summed E-state index contributed by atoms with van der Waals surface area (Å²) < 4.78 is 6.50.